The number of allylic oxidation sites excluding steroid dienone is 2. The predicted octanol–water partition coefficient (Wildman–Crippen LogP) is 1.57. The number of methoxy groups -OCH3 is 1. The Balaban J connectivity index is 2.32. The summed E-state index contributed by atoms with van der Waals surface area (Å²) in [4.78, 5) is 11.6. The molecule has 2 aliphatic rings. The Kier molecular flexibility index (Phi) is 2.64. The van der Waals surface area contributed by atoms with Crippen molar-refractivity contribution in [3.8, 4) is 0 Å². The molecule has 1 saturated heterocycles. The molecule has 1 heterocycles. The van der Waals surface area contributed by atoms with E-state index in [-0.39, 0.29) is 18.2 Å². The fraction of sp³-hybridized carbons (Fsp3) is 0.583. The van der Waals surface area contributed by atoms with Crippen LogP contribution in [0.2, 0.25) is 0 Å². The number of carbonyl (C=O) groups excluding carboxylic acids is 1. The largest absolute Gasteiger partial charge is 0.466 e. The summed E-state index contributed by atoms with van der Waals surface area (Å²) in [7, 11) is 1.37. The first-order valence-corrected chi connectivity index (χ1v) is 5.27. The maximum absolute atomic E-state index is 11.6. The fourth-order valence-electron chi connectivity index (χ4n) is 2.03. The number of esters is 1. The summed E-state index contributed by atoms with van der Waals surface area (Å²) in [6, 6.07) is 0. The van der Waals surface area contributed by atoms with E-state index in [1.165, 1.54) is 7.11 Å². The van der Waals surface area contributed by atoms with Crippen molar-refractivity contribution in [2.75, 3.05) is 7.11 Å². The highest BCUT2D eigenvalue weighted by Gasteiger charge is 2.46. The summed E-state index contributed by atoms with van der Waals surface area (Å²) in [5.74, 6) is -1.03. The van der Waals surface area contributed by atoms with Gasteiger partial charge in [-0.25, -0.2) is 4.79 Å². The Morgan fingerprint density at radius 1 is 1.31 bits per heavy atom. The standard InChI is InChI=1S/C12H16O4/c1-7-5-6-8(11(13)14-4)10-9(7)15-12(2,3)16-10/h5-6,9-10H,1-4H3/t9-,10+/m1/s1. The lowest BCUT2D eigenvalue weighted by atomic mass is 9.93. The lowest BCUT2D eigenvalue weighted by molar-refractivity contribution is -0.145. The molecule has 4 nitrogen and oxygen atoms in total. The van der Waals surface area contributed by atoms with Gasteiger partial charge in [-0.15, -0.1) is 0 Å². The molecule has 0 radical (unpaired) electrons. The first-order valence-electron chi connectivity index (χ1n) is 5.27. The van der Waals surface area contributed by atoms with Gasteiger partial charge < -0.3 is 14.2 Å². The SMILES string of the molecule is COC(=O)C1=CC=C(C)[C@H]2OC(C)(C)O[C@@H]12. The first kappa shape index (κ1) is 11.4. The average Bonchev–Trinajstić information content (AvgIpc) is 2.54. The summed E-state index contributed by atoms with van der Waals surface area (Å²) < 4.78 is 16.2. The lowest BCUT2D eigenvalue weighted by Crippen LogP contribution is -2.32. The number of fused-ring (bicyclic) bond motifs is 1. The number of rotatable bonds is 1. The lowest BCUT2D eigenvalue weighted by Gasteiger charge is -2.22. The predicted molar refractivity (Wildman–Crippen MR) is 57.7 cm³/mol. The summed E-state index contributed by atoms with van der Waals surface area (Å²) in [6.07, 6.45) is 3.08. The van der Waals surface area contributed by atoms with Crippen molar-refractivity contribution >= 4 is 5.97 Å². The Morgan fingerprint density at radius 2 is 1.94 bits per heavy atom. The molecule has 0 aromatic heterocycles. The van der Waals surface area contributed by atoms with Crippen LogP contribution in [0.5, 0.6) is 0 Å². The average molecular weight is 224 g/mol. The Bertz CT molecular complexity index is 378. The van der Waals surface area contributed by atoms with Crippen LogP contribution in [0.15, 0.2) is 23.3 Å². The van der Waals surface area contributed by atoms with Crippen LogP contribution in [0.1, 0.15) is 20.8 Å². The van der Waals surface area contributed by atoms with Gasteiger partial charge in [0.2, 0.25) is 0 Å². The van der Waals surface area contributed by atoms with E-state index in [1.54, 1.807) is 6.08 Å². The zero-order valence-corrected chi connectivity index (χ0v) is 9.94. The van der Waals surface area contributed by atoms with E-state index in [2.05, 4.69) is 0 Å². The van der Waals surface area contributed by atoms with E-state index in [1.807, 2.05) is 26.8 Å². The zero-order valence-electron chi connectivity index (χ0n) is 9.94. The van der Waals surface area contributed by atoms with Crippen LogP contribution in [0, 0.1) is 0 Å². The molecule has 0 saturated carbocycles. The molecule has 4 heteroatoms. The van der Waals surface area contributed by atoms with E-state index < -0.39 is 5.79 Å². The third kappa shape index (κ3) is 1.79. The molecule has 0 aromatic rings. The van der Waals surface area contributed by atoms with Crippen LogP contribution in [-0.4, -0.2) is 31.1 Å². The van der Waals surface area contributed by atoms with Gasteiger partial charge in [0.25, 0.3) is 0 Å². The van der Waals surface area contributed by atoms with Gasteiger partial charge in [-0.1, -0.05) is 6.08 Å². The van der Waals surface area contributed by atoms with Crippen LogP contribution >= 0.6 is 0 Å². The van der Waals surface area contributed by atoms with E-state index in [0.29, 0.717) is 5.57 Å². The van der Waals surface area contributed by atoms with Gasteiger partial charge in [-0.05, 0) is 32.4 Å². The van der Waals surface area contributed by atoms with Crippen molar-refractivity contribution in [1.82, 2.24) is 0 Å². The molecule has 0 N–H and O–H groups in total. The number of hydrogen-bond acceptors (Lipinski definition) is 4. The van der Waals surface area contributed by atoms with Gasteiger partial charge in [-0.3, -0.25) is 0 Å². The third-order valence-electron chi connectivity index (χ3n) is 2.80. The number of ether oxygens (including phenoxy) is 3. The molecule has 0 unspecified atom stereocenters. The van der Waals surface area contributed by atoms with E-state index in [9.17, 15) is 4.79 Å². The minimum absolute atomic E-state index is 0.186. The van der Waals surface area contributed by atoms with Crippen LogP contribution in [0.25, 0.3) is 0 Å². The monoisotopic (exact) mass is 224 g/mol. The topological polar surface area (TPSA) is 44.8 Å². The van der Waals surface area contributed by atoms with Crippen LogP contribution in [0.3, 0.4) is 0 Å². The molecule has 0 aromatic carbocycles. The number of carbonyl (C=O) groups is 1. The van der Waals surface area contributed by atoms with Crippen molar-refractivity contribution < 1.29 is 19.0 Å². The summed E-state index contributed by atoms with van der Waals surface area (Å²) in [5.41, 5.74) is 1.58. The Morgan fingerprint density at radius 3 is 2.56 bits per heavy atom. The van der Waals surface area contributed by atoms with Crippen molar-refractivity contribution in [3.63, 3.8) is 0 Å². The zero-order chi connectivity index (χ0) is 11.9. The van der Waals surface area contributed by atoms with Gasteiger partial charge in [0.15, 0.2) is 5.79 Å². The van der Waals surface area contributed by atoms with E-state index in [4.69, 9.17) is 14.2 Å². The highest BCUT2D eigenvalue weighted by molar-refractivity contribution is 5.90. The first-order chi connectivity index (χ1) is 7.44. The van der Waals surface area contributed by atoms with Crippen molar-refractivity contribution in [1.29, 1.82) is 0 Å². The molecule has 2 rings (SSSR count). The van der Waals surface area contributed by atoms with Gasteiger partial charge >= 0.3 is 5.97 Å². The number of hydrogen-bond donors (Lipinski definition) is 0. The Labute approximate surface area is 94.9 Å². The summed E-state index contributed by atoms with van der Waals surface area (Å²) in [6.45, 7) is 5.65. The molecule has 0 spiro atoms. The van der Waals surface area contributed by atoms with Crippen molar-refractivity contribution in [3.05, 3.63) is 23.3 Å². The van der Waals surface area contributed by atoms with Crippen LogP contribution in [-0.2, 0) is 19.0 Å². The highest BCUT2D eigenvalue weighted by atomic mass is 16.8. The van der Waals surface area contributed by atoms with Crippen molar-refractivity contribution in [2.45, 2.75) is 38.8 Å². The maximum Gasteiger partial charge on any atom is 0.336 e. The molecule has 1 aliphatic heterocycles. The second kappa shape index (κ2) is 3.71. The molecular weight excluding hydrogens is 208 g/mol. The molecule has 1 aliphatic carbocycles. The second-order valence-corrected chi connectivity index (χ2v) is 4.50. The van der Waals surface area contributed by atoms with Gasteiger partial charge in [-0.2, -0.15) is 0 Å². The molecule has 0 bridgehead atoms. The highest BCUT2D eigenvalue weighted by Crippen LogP contribution is 2.37. The van der Waals surface area contributed by atoms with E-state index >= 15 is 0 Å². The molecule has 0 amide bonds. The molecule has 1 fully saturated rings. The minimum Gasteiger partial charge on any atom is -0.466 e. The van der Waals surface area contributed by atoms with Crippen LogP contribution in [0.4, 0.5) is 0 Å². The second-order valence-electron chi connectivity index (χ2n) is 4.50. The summed E-state index contributed by atoms with van der Waals surface area (Å²) >= 11 is 0. The van der Waals surface area contributed by atoms with Gasteiger partial charge in [0, 0.05) is 0 Å². The summed E-state index contributed by atoms with van der Waals surface area (Å²) in [5, 5.41) is 0. The van der Waals surface area contributed by atoms with Gasteiger partial charge in [0.05, 0.1) is 12.7 Å². The Hall–Kier alpha value is -1.13. The molecule has 2 atom stereocenters. The van der Waals surface area contributed by atoms with Crippen molar-refractivity contribution in [2.24, 2.45) is 0 Å². The molecule has 16 heavy (non-hydrogen) atoms. The smallest absolute Gasteiger partial charge is 0.336 e. The third-order valence-corrected chi connectivity index (χ3v) is 2.80. The maximum atomic E-state index is 11.6. The fourth-order valence-corrected chi connectivity index (χ4v) is 2.03. The van der Waals surface area contributed by atoms with Crippen LogP contribution < -0.4 is 0 Å². The van der Waals surface area contributed by atoms with E-state index in [0.717, 1.165) is 5.57 Å². The van der Waals surface area contributed by atoms with Gasteiger partial charge in [0.1, 0.15) is 12.2 Å². The molecular formula is C12H16O4. The quantitative estimate of drug-likeness (QED) is 0.634. The normalized spacial score (nSPS) is 31.5. The minimum atomic E-state index is -0.665. The molecule has 88 valence electrons.